The van der Waals surface area contributed by atoms with Gasteiger partial charge in [-0.2, -0.15) is 18.2 Å². The van der Waals surface area contributed by atoms with E-state index in [9.17, 15) is 18.0 Å². The molecule has 0 fully saturated rings. The second kappa shape index (κ2) is 15.3. The predicted octanol–water partition coefficient (Wildman–Crippen LogP) is 7.78. The average molecular weight is 781 g/mol. The molecule has 0 amide bonds. The van der Waals surface area contributed by atoms with Crippen molar-refractivity contribution in [2.24, 2.45) is 7.05 Å². The summed E-state index contributed by atoms with van der Waals surface area (Å²) >= 11 is 24.2. The maximum absolute atomic E-state index is 13.0. The number of terminal acetylenes is 1. The molecule has 0 aliphatic heterocycles. The van der Waals surface area contributed by atoms with Gasteiger partial charge in [-0.1, -0.05) is 90.8 Å². The molecule has 0 N–H and O–H groups in total. The normalized spacial score (nSPS) is 11.4. The number of nitrogens with zero attached hydrogens (tertiary/aromatic N) is 4. The van der Waals surface area contributed by atoms with E-state index in [0.717, 1.165) is 10.2 Å². The summed E-state index contributed by atoms with van der Waals surface area (Å²) in [4.78, 5) is 25.0. The van der Waals surface area contributed by atoms with Crippen LogP contribution in [0.3, 0.4) is 0 Å². The van der Waals surface area contributed by atoms with Gasteiger partial charge in [0.05, 0.1) is 26.4 Å². The third kappa shape index (κ3) is 8.72. The van der Waals surface area contributed by atoms with Crippen LogP contribution in [-0.2, 0) is 22.6 Å². The van der Waals surface area contributed by atoms with Crippen LogP contribution in [0.25, 0.3) is 5.69 Å². The van der Waals surface area contributed by atoms with Crippen molar-refractivity contribution in [3.05, 3.63) is 114 Å². The van der Waals surface area contributed by atoms with Crippen LogP contribution < -0.4 is 14.7 Å². The standard InChI is InChI=1S/C19H16Cl2N2O4S.C15H14Cl2N2O3/c1-11-4-7-14(8-5-11)28(25,26)27-19-17(12(2)22-23(19)3)18(24)15-9-6-13(20)10-16(15)21;1-5-6-21-12-8-11(9(16)7-10(12)17)19-14(20)22-13(18-19)15(2,3)4/h4-10H,1-3H3;1,7-8H,6H2,2-4H3. The average Bonchev–Trinajstić information content (AvgIpc) is 3.54. The molecule has 0 bridgehead atoms. The number of rotatable bonds is 8. The molecule has 5 rings (SSSR count). The van der Waals surface area contributed by atoms with E-state index in [1.54, 1.807) is 19.1 Å². The molecule has 16 heteroatoms. The van der Waals surface area contributed by atoms with Crippen LogP contribution in [0.4, 0.5) is 0 Å². The van der Waals surface area contributed by atoms with Crippen molar-refractivity contribution in [3.63, 3.8) is 0 Å². The zero-order chi connectivity index (χ0) is 37.1. The Labute approximate surface area is 308 Å². The smallest absolute Gasteiger partial charge is 0.442 e. The van der Waals surface area contributed by atoms with E-state index in [-0.39, 0.29) is 43.6 Å². The number of carbonyl (C=O) groups excluding carboxylic acids is 1. The molecule has 0 aliphatic rings. The first-order valence-corrected chi connectivity index (χ1v) is 17.5. The van der Waals surface area contributed by atoms with E-state index in [0.29, 0.717) is 28.0 Å². The molecule has 0 spiro atoms. The molecule has 2 heterocycles. The fourth-order valence-corrected chi connectivity index (χ4v) is 6.28. The molecule has 3 aromatic carbocycles. The SMILES string of the molecule is C#CCOc1cc(-n2nc(C(C)(C)C)oc2=O)c(Cl)cc1Cl.Cc1ccc(S(=O)(=O)Oc2c(C(=O)c3ccc(Cl)cc3Cl)c(C)nn2C)cc1. The summed E-state index contributed by atoms with van der Waals surface area (Å²) in [6.45, 7) is 9.12. The van der Waals surface area contributed by atoms with Gasteiger partial charge < -0.3 is 13.3 Å². The Hall–Kier alpha value is -4.25. The summed E-state index contributed by atoms with van der Waals surface area (Å²) < 4.78 is 43.4. The Morgan fingerprint density at radius 1 is 0.960 bits per heavy atom. The molecular weight excluding hydrogens is 750 g/mol. The maximum atomic E-state index is 13.0. The summed E-state index contributed by atoms with van der Waals surface area (Å²) in [5, 5.41) is 9.37. The highest BCUT2D eigenvalue weighted by Gasteiger charge is 2.29. The van der Waals surface area contributed by atoms with Gasteiger partial charge in [0, 0.05) is 29.1 Å². The van der Waals surface area contributed by atoms with Crippen molar-refractivity contribution in [2.75, 3.05) is 6.61 Å². The van der Waals surface area contributed by atoms with Crippen molar-refractivity contribution >= 4 is 62.3 Å². The number of aromatic nitrogens is 4. The van der Waals surface area contributed by atoms with Gasteiger partial charge >= 0.3 is 15.9 Å². The summed E-state index contributed by atoms with van der Waals surface area (Å²) in [6, 6.07) is 13.6. The Kier molecular flexibility index (Phi) is 11.8. The number of carbonyl (C=O) groups is 1. The highest BCUT2D eigenvalue weighted by molar-refractivity contribution is 7.87. The molecule has 262 valence electrons. The molecular formula is C34H30Cl4N4O7S. The number of hydrogen-bond donors (Lipinski definition) is 0. The first-order chi connectivity index (χ1) is 23.3. The van der Waals surface area contributed by atoms with E-state index in [2.05, 4.69) is 16.1 Å². The molecule has 0 saturated carbocycles. The highest BCUT2D eigenvalue weighted by Crippen LogP contribution is 2.34. The van der Waals surface area contributed by atoms with Gasteiger partial charge in [0.1, 0.15) is 22.8 Å². The summed E-state index contributed by atoms with van der Waals surface area (Å²) in [6.07, 6.45) is 5.15. The Morgan fingerprint density at radius 2 is 1.62 bits per heavy atom. The third-order valence-corrected chi connectivity index (χ3v) is 9.17. The topological polar surface area (TPSA) is 136 Å². The van der Waals surface area contributed by atoms with Crippen LogP contribution in [0.5, 0.6) is 11.6 Å². The van der Waals surface area contributed by atoms with Gasteiger partial charge in [-0.3, -0.25) is 4.79 Å². The summed E-state index contributed by atoms with van der Waals surface area (Å²) in [7, 11) is -2.67. The fourth-order valence-electron chi connectivity index (χ4n) is 4.30. The molecule has 5 aromatic rings. The monoisotopic (exact) mass is 778 g/mol. The number of ether oxygens (including phenoxy) is 1. The van der Waals surface area contributed by atoms with Crippen LogP contribution in [-0.4, -0.2) is 40.4 Å². The highest BCUT2D eigenvalue weighted by atomic mass is 35.5. The Bertz CT molecular complexity index is 2280. The molecule has 0 saturated heterocycles. The van der Waals surface area contributed by atoms with Gasteiger partial charge in [0.2, 0.25) is 17.6 Å². The van der Waals surface area contributed by atoms with Crippen LogP contribution in [0.15, 0.2) is 68.7 Å². The number of aryl methyl sites for hydroxylation is 3. The first-order valence-electron chi connectivity index (χ1n) is 14.5. The summed E-state index contributed by atoms with van der Waals surface area (Å²) in [5.41, 5.74) is 1.30. The van der Waals surface area contributed by atoms with Crippen LogP contribution >= 0.6 is 46.4 Å². The van der Waals surface area contributed by atoms with Crippen molar-refractivity contribution in [1.82, 2.24) is 19.6 Å². The third-order valence-electron chi connectivity index (χ3n) is 6.80. The van der Waals surface area contributed by atoms with Gasteiger partial charge in [0.15, 0.2) is 0 Å². The zero-order valence-electron chi connectivity index (χ0n) is 27.5. The minimum absolute atomic E-state index is 0.0161. The maximum Gasteiger partial charge on any atom is 0.442 e. The predicted molar refractivity (Wildman–Crippen MR) is 192 cm³/mol. The van der Waals surface area contributed by atoms with Gasteiger partial charge in [-0.15, -0.1) is 11.5 Å². The quantitative estimate of drug-likeness (QED) is 0.0879. The lowest BCUT2D eigenvalue weighted by molar-refractivity contribution is 0.103. The van der Waals surface area contributed by atoms with Gasteiger partial charge in [0.25, 0.3) is 0 Å². The second-order valence-electron chi connectivity index (χ2n) is 11.8. The molecule has 11 nitrogen and oxygen atoms in total. The number of hydrogen-bond acceptors (Lipinski definition) is 9. The largest absolute Gasteiger partial charge is 0.479 e. The zero-order valence-corrected chi connectivity index (χ0v) is 31.4. The van der Waals surface area contributed by atoms with Crippen molar-refractivity contribution < 1.29 is 26.5 Å². The molecule has 0 aliphatic carbocycles. The Balaban J connectivity index is 0.000000232. The number of benzene rings is 3. The lowest BCUT2D eigenvalue weighted by atomic mass is 9.97. The van der Waals surface area contributed by atoms with Crippen molar-refractivity contribution in [2.45, 2.75) is 44.9 Å². The lowest BCUT2D eigenvalue weighted by Crippen LogP contribution is -2.15. The molecule has 0 unspecified atom stereocenters. The van der Waals surface area contributed by atoms with Crippen molar-refractivity contribution in [3.8, 4) is 29.7 Å². The molecule has 0 atom stereocenters. The van der Waals surface area contributed by atoms with E-state index in [1.807, 2.05) is 27.7 Å². The molecule has 50 heavy (non-hydrogen) atoms. The van der Waals surface area contributed by atoms with Crippen LogP contribution in [0.2, 0.25) is 20.1 Å². The van der Waals surface area contributed by atoms with Crippen LogP contribution in [0.1, 0.15) is 53.8 Å². The number of ketones is 1. The van der Waals surface area contributed by atoms with E-state index >= 15 is 0 Å². The first kappa shape index (κ1) is 38.6. The molecule has 0 radical (unpaired) electrons. The minimum atomic E-state index is -4.16. The molecule has 2 aromatic heterocycles. The van der Waals surface area contributed by atoms with E-state index < -0.39 is 27.1 Å². The number of halogens is 4. The van der Waals surface area contributed by atoms with Crippen molar-refractivity contribution in [1.29, 1.82) is 0 Å². The van der Waals surface area contributed by atoms with Gasteiger partial charge in [-0.05, 0) is 50.2 Å². The van der Waals surface area contributed by atoms with E-state index in [1.165, 1.54) is 54.2 Å². The van der Waals surface area contributed by atoms with E-state index in [4.69, 9.17) is 66.2 Å². The van der Waals surface area contributed by atoms with Gasteiger partial charge in [-0.25, -0.2) is 9.48 Å². The minimum Gasteiger partial charge on any atom is -0.479 e. The second-order valence-corrected chi connectivity index (χ2v) is 15.0. The summed E-state index contributed by atoms with van der Waals surface area (Å²) in [5.74, 6) is 1.61. The lowest BCUT2D eigenvalue weighted by Gasteiger charge is -2.11. The fraction of sp³-hybridized carbons (Fsp3) is 0.235. The Morgan fingerprint density at radius 3 is 2.20 bits per heavy atom. The van der Waals surface area contributed by atoms with Crippen LogP contribution in [0, 0.1) is 26.2 Å².